The minimum Gasteiger partial charge on any atom is -0.493 e. The molecular weight excluding hydrogens is 363 g/mol. The van der Waals surface area contributed by atoms with E-state index in [4.69, 9.17) is 27.9 Å². The lowest BCUT2D eigenvalue weighted by Crippen LogP contribution is -2.41. The van der Waals surface area contributed by atoms with E-state index in [9.17, 15) is 9.59 Å². The van der Waals surface area contributed by atoms with Crippen LogP contribution in [0.1, 0.15) is 34.6 Å². The molecule has 0 bridgehead atoms. The summed E-state index contributed by atoms with van der Waals surface area (Å²) in [6, 6.07) is 11.2. The molecule has 0 spiro atoms. The number of nitrogens with one attached hydrogen (secondary N) is 2. The lowest BCUT2D eigenvalue weighted by Gasteiger charge is -2.11. The van der Waals surface area contributed by atoms with Crippen LogP contribution >= 0.6 is 23.2 Å². The van der Waals surface area contributed by atoms with Gasteiger partial charge in [-0.15, -0.1) is 0 Å². The van der Waals surface area contributed by atoms with E-state index in [-0.39, 0.29) is 10.6 Å². The molecule has 2 rings (SSSR count). The highest BCUT2D eigenvalue weighted by atomic mass is 35.5. The number of hydrogen-bond acceptors (Lipinski definition) is 3. The number of hydrogen-bond donors (Lipinski definition) is 2. The van der Waals surface area contributed by atoms with Crippen LogP contribution in [-0.4, -0.2) is 18.4 Å². The van der Waals surface area contributed by atoms with Crippen molar-refractivity contribution >= 4 is 35.0 Å². The summed E-state index contributed by atoms with van der Waals surface area (Å²) in [7, 11) is 0. The second-order valence-electron chi connectivity index (χ2n) is 5.77. The highest BCUT2D eigenvalue weighted by Crippen LogP contribution is 2.20. The highest BCUT2D eigenvalue weighted by Gasteiger charge is 2.13. The summed E-state index contributed by atoms with van der Waals surface area (Å²) in [5.74, 6) is -0.0371. The molecule has 0 saturated heterocycles. The first-order valence-corrected chi connectivity index (χ1v) is 8.41. The highest BCUT2D eigenvalue weighted by molar-refractivity contribution is 6.36. The van der Waals surface area contributed by atoms with E-state index in [1.54, 1.807) is 30.3 Å². The molecule has 2 aromatic rings. The van der Waals surface area contributed by atoms with Crippen molar-refractivity contribution in [2.24, 2.45) is 5.92 Å². The second-order valence-corrected chi connectivity index (χ2v) is 6.61. The molecule has 2 aromatic carbocycles. The summed E-state index contributed by atoms with van der Waals surface area (Å²) < 4.78 is 5.58. The van der Waals surface area contributed by atoms with Crippen LogP contribution in [0.15, 0.2) is 42.5 Å². The molecule has 25 heavy (non-hydrogen) atoms. The molecule has 0 saturated carbocycles. The molecule has 0 fully saturated rings. The normalized spacial score (nSPS) is 10.4. The second kappa shape index (κ2) is 8.74. The molecule has 2 N–H and O–H groups in total. The molecule has 2 amide bonds. The average molecular weight is 381 g/mol. The summed E-state index contributed by atoms with van der Waals surface area (Å²) in [6.07, 6.45) is 0. The van der Waals surface area contributed by atoms with E-state index in [0.29, 0.717) is 28.9 Å². The molecule has 0 aliphatic rings. The summed E-state index contributed by atoms with van der Waals surface area (Å²) in [5.41, 5.74) is 5.24. The van der Waals surface area contributed by atoms with Gasteiger partial charge in [-0.25, -0.2) is 0 Å². The molecule has 0 aromatic heterocycles. The van der Waals surface area contributed by atoms with Gasteiger partial charge in [0.15, 0.2) is 0 Å². The van der Waals surface area contributed by atoms with Crippen LogP contribution < -0.4 is 15.6 Å². The van der Waals surface area contributed by atoms with Gasteiger partial charge < -0.3 is 4.74 Å². The number of rotatable bonds is 5. The first kappa shape index (κ1) is 19.1. The Morgan fingerprint density at radius 1 is 1.04 bits per heavy atom. The third-order valence-corrected chi connectivity index (χ3v) is 3.69. The van der Waals surface area contributed by atoms with Crippen molar-refractivity contribution in [2.75, 3.05) is 6.61 Å². The lowest BCUT2D eigenvalue weighted by atomic mass is 10.2. The Morgan fingerprint density at radius 3 is 2.44 bits per heavy atom. The van der Waals surface area contributed by atoms with Gasteiger partial charge in [-0.3, -0.25) is 20.4 Å². The van der Waals surface area contributed by atoms with E-state index in [1.165, 1.54) is 12.1 Å². The van der Waals surface area contributed by atoms with Crippen molar-refractivity contribution in [1.29, 1.82) is 0 Å². The summed E-state index contributed by atoms with van der Waals surface area (Å²) in [5, 5.41) is 0.618. The molecule has 0 aliphatic carbocycles. The van der Waals surface area contributed by atoms with Crippen LogP contribution in [0.25, 0.3) is 0 Å². The molecule has 0 heterocycles. The minimum atomic E-state index is -0.540. The fourth-order valence-electron chi connectivity index (χ4n) is 1.92. The smallest absolute Gasteiger partial charge is 0.271 e. The molecule has 7 heteroatoms. The third-order valence-electron chi connectivity index (χ3n) is 3.14. The van der Waals surface area contributed by atoms with Crippen LogP contribution in [0.4, 0.5) is 0 Å². The Labute approximate surface area is 156 Å². The number of carbonyl (C=O) groups is 2. The van der Waals surface area contributed by atoms with Crippen molar-refractivity contribution in [3.63, 3.8) is 0 Å². The van der Waals surface area contributed by atoms with Crippen molar-refractivity contribution in [3.05, 3.63) is 63.6 Å². The summed E-state index contributed by atoms with van der Waals surface area (Å²) in [4.78, 5) is 24.3. The van der Waals surface area contributed by atoms with Gasteiger partial charge in [-0.05, 0) is 42.3 Å². The number of benzene rings is 2. The Bertz CT molecular complexity index is 779. The lowest BCUT2D eigenvalue weighted by molar-refractivity contribution is 0.0846. The predicted octanol–water partition coefficient (Wildman–Crippen LogP) is 4.10. The molecule has 0 radical (unpaired) electrons. The predicted molar refractivity (Wildman–Crippen MR) is 98.2 cm³/mol. The topological polar surface area (TPSA) is 67.4 Å². The van der Waals surface area contributed by atoms with Gasteiger partial charge in [-0.2, -0.15) is 0 Å². The maximum atomic E-state index is 12.2. The number of ether oxygens (including phenoxy) is 1. The number of amides is 2. The standard InChI is InChI=1S/C18H18Cl2N2O3/c1-11(2)10-25-14-5-3-4-12(8-14)17(23)21-22-18(24)15-7-6-13(19)9-16(15)20/h3-9,11H,10H2,1-2H3,(H,21,23)(H,22,24). The van der Waals surface area contributed by atoms with Crippen LogP contribution in [0, 0.1) is 5.92 Å². The van der Waals surface area contributed by atoms with E-state index in [2.05, 4.69) is 10.9 Å². The molecule has 0 atom stereocenters. The molecule has 5 nitrogen and oxygen atoms in total. The number of halogens is 2. The van der Waals surface area contributed by atoms with Gasteiger partial charge in [0.1, 0.15) is 5.75 Å². The van der Waals surface area contributed by atoms with Crippen LogP contribution in [0.2, 0.25) is 10.0 Å². The number of carbonyl (C=O) groups excluding carboxylic acids is 2. The molecular formula is C18H18Cl2N2O3. The zero-order valence-electron chi connectivity index (χ0n) is 13.8. The molecule has 0 unspecified atom stereocenters. The molecule has 0 aliphatic heterocycles. The maximum Gasteiger partial charge on any atom is 0.271 e. The fourth-order valence-corrected chi connectivity index (χ4v) is 2.41. The first-order valence-electron chi connectivity index (χ1n) is 7.65. The summed E-state index contributed by atoms with van der Waals surface area (Å²) in [6.45, 7) is 4.62. The fraction of sp³-hybridized carbons (Fsp3) is 0.222. The first-order chi connectivity index (χ1) is 11.9. The van der Waals surface area contributed by atoms with Crippen molar-refractivity contribution in [3.8, 4) is 5.75 Å². The van der Waals surface area contributed by atoms with E-state index < -0.39 is 11.8 Å². The zero-order valence-corrected chi connectivity index (χ0v) is 15.3. The quantitative estimate of drug-likeness (QED) is 0.767. The van der Waals surface area contributed by atoms with Crippen LogP contribution in [0.3, 0.4) is 0 Å². The van der Waals surface area contributed by atoms with E-state index in [0.717, 1.165) is 0 Å². The van der Waals surface area contributed by atoms with Gasteiger partial charge in [0.05, 0.1) is 17.2 Å². The van der Waals surface area contributed by atoms with Crippen molar-refractivity contribution in [2.45, 2.75) is 13.8 Å². The van der Waals surface area contributed by atoms with Crippen LogP contribution in [-0.2, 0) is 0 Å². The largest absolute Gasteiger partial charge is 0.493 e. The third kappa shape index (κ3) is 5.66. The Balaban J connectivity index is 1.97. The maximum absolute atomic E-state index is 12.2. The van der Waals surface area contributed by atoms with Gasteiger partial charge in [0.25, 0.3) is 11.8 Å². The van der Waals surface area contributed by atoms with Crippen molar-refractivity contribution < 1.29 is 14.3 Å². The number of hydrazine groups is 1. The Morgan fingerprint density at radius 2 is 1.76 bits per heavy atom. The average Bonchev–Trinajstić information content (AvgIpc) is 2.57. The van der Waals surface area contributed by atoms with Gasteiger partial charge in [-0.1, -0.05) is 43.1 Å². The van der Waals surface area contributed by atoms with Gasteiger partial charge in [0.2, 0.25) is 0 Å². The van der Waals surface area contributed by atoms with Crippen LogP contribution in [0.5, 0.6) is 5.75 Å². The van der Waals surface area contributed by atoms with E-state index >= 15 is 0 Å². The SMILES string of the molecule is CC(C)COc1cccc(C(=O)NNC(=O)c2ccc(Cl)cc2Cl)c1. The Hall–Kier alpha value is -2.24. The summed E-state index contributed by atoms with van der Waals surface area (Å²) >= 11 is 11.8. The van der Waals surface area contributed by atoms with Gasteiger partial charge in [0, 0.05) is 10.6 Å². The van der Waals surface area contributed by atoms with Gasteiger partial charge >= 0.3 is 0 Å². The zero-order chi connectivity index (χ0) is 18.4. The minimum absolute atomic E-state index is 0.198. The Kier molecular flexibility index (Phi) is 6.67. The molecule has 132 valence electrons. The van der Waals surface area contributed by atoms with E-state index in [1.807, 2.05) is 13.8 Å². The monoisotopic (exact) mass is 380 g/mol. The van der Waals surface area contributed by atoms with Crippen molar-refractivity contribution in [1.82, 2.24) is 10.9 Å².